The van der Waals surface area contributed by atoms with Gasteiger partial charge in [-0.3, -0.25) is 4.90 Å². The van der Waals surface area contributed by atoms with Gasteiger partial charge in [-0.05, 0) is 49.6 Å². The summed E-state index contributed by atoms with van der Waals surface area (Å²) in [7, 11) is 0. The number of pyridine rings is 1. The number of aryl methyl sites for hydroxylation is 1. The molecular formula is C25H32N6O. The van der Waals surface area contributed by atoms with Gasteiger partial charge >= 0.3 is 0 Å². The molecule has 2 saturated heterocycles. The van der Waals surface area contributed by atoms with Crippen LogP contribution in [0.1, 0.15) is 37.1 Å². The molecule has 7 nitrogen and oxygen atoms in total. The Labute approximate surface area is 190 Å². The molecule has 2 aliphatic heterocycles. The molecule has 4 heterocycles. The number of anilines is 2. The van der Waals surface area contributed by atoms with Gasteiger partial charge < -0.3 is 14.3 Å². The van der Waals surface area contributed by atoms with Crippen molar-refractivity contribution in [2.24, 2.45) is 0 Å². The zero-order valence-corrected chi connectivity index (χ0v) is 18.9. The number of hydrogen-bond acceptors (Lipinski definition) is 7. The first kappa shape index (κ1) is 20.9. The largest absolute Gasteiger partial charge is 0.369 e. The lowest BCUT2D eigenvalue weighted by atomic mass is 10.2. The number of rotatable bonds is 5. The zero-order valence-electron chi connectivity index (χ0n) is 18.9. The van der Waals surface area contributed by atoms with Crippen molar-refractivity contribution in [2.45, 2.75) is 39.2 Å². The fraction of sp³-hybridized carbons (Fsp3) is 0.480. The molecule has 0 N–H and O–H groups in total. The van der Waals surface area contributed by atoms with Crippen LogP contribution in [0.3, 0.4) is 0 Å². The quantitative estimate of drug-likeness (QED) is 0.600. The highest BCUT2D eigenvalue weighted by Crippen LogP contribution is 2.22. The van der Waals surface area contributed by atoms with Crippen LogP contribution in [0.25, 0.3) is 11.4 Å². The van der Waals surface area contributed by atoms with Crippen LogP contribution in [0.15, 0.2) is 47.1 Å². The van der Waals surface area contributed by atoms with Gasteiger partial charge in [0.05, 0.1) is 6.54 Å². The van der Waals surface area contributed by atoms with Crippen LogP contribution in [0.4, 0.5) is 11.5 Å². The van der Waals surface area contributed by atoms with Crippen molar-refractivity contribution in [1.29, 1.82) is 0 Å². The normalized spacial score (nSPS) is 18.0. The first-order valence-electron chi connectivity index (χ1n) is 11.8. The lowest BCUT2D eigenvalue weighted by Gasteiger charge is -2.35. The molecule has 168 valence electrons. The van der Waals surface area contributed by atoms with Crippen LogP contribution in [0.2, 0.25) is 0 Å². The van der Waals surface area contributed by atoms with E-state index in [-0.39, 0.29) is 0 Å². The molecule has 7 heteroatoms. The lowest BCUT2D eigenvalue weighted by Crippen LogP contribution is -2.46. The molecule has 0 unspecified atom stereocenters. The van der Waals surface area contributed by atoms with Crippen molar-refractivity contribution in [3.63, 3.8) is 0 Å². The van der Waals surface area contributed by atoms with Gasteiger partial charge in [-0.15, -0.1) is 0 Å². The fourth-order valence-corrected chi connectivity index (χ4v) is 4.62. The van der Waals surface area contributed by atoms with Gasteiger partial charge in [0, 0.05) is 56.7 Å². The Hall–Kier alpha value is -2.93. The smallest absolute Gasteiger partial charge is 0.241 e. The minimum atomic E-state index is 0.619. The highest BCUT2D eigenvalue weighted by atomic mass is 16.5. The average Bonchev–Trinajstić information content (AvgIpc) is 3.11. The maximum Gasteiger partial charge on any atom is 0.241 e. The molecule has 5 rings (SSSR count). The molecule has 1 aromatic carbocycles. The van der Waals surface area contributed by atoms with Crippen molar-refractivity contribution >= 4 is 11.5 Å². The second kappa shape index (κ2) is 9.69. The highest BCUT2D eigenvalue weighted by Gasteiger charge is 2.20. The number of hydrogen-bond donors (Lipinski definition) is 0. The van der Waals surface area contributed by atoms with E-state index in [0.717, 1.165) is 50.6 Å². The lowest BCUT2D eigenvalue weighted by molar-refractivity contribution is 0.215. The second-order valence-corrected chi connectivity index (χ2v) is 8.92. The summed E-state index contributed by atoms with van der Waals surface area (Å²) in [6.45, 7) is 9.00. The van der Waals surface area contributed by atoms with Crippen LogP contribution in [-0.4, -0.2) is 59.3 Å². The Kier molecular flexibility index (Phi) is 6.34. The van der Waals surface area contributed by atoms with Gasteiger partial charge in [0.15, 0.2) is 0 Å². The second-order valence-electron chi connectivity index (χ2n) is 8.92. The Morgan fingerprint density at radius 2 is 1.69 bits per heavy atom. The van der Waals surface area contributed by atoms with E-state index in [0.29, 0.717) is 18.3 Å². The Bertz CT molecular complexity index is 1000. The maximum atomic E-state index is 5.56. The molecule has 2 aliphatic rings. The van der Waals surface area contributed by atoms with Crippen LogP contribution < -0.4 is 9.80 Å². The number of benzene rings is 1. The highest BCUT2D eigenvalue weighted by molar-refractivity contribution is 5.56. The summed E-state index contributed by atoms with van der Waals surface area (Å²) in [6.07, 6.45) is 7.01. The monoisotopic (exact) mass is 432 g/mol. The minimum Gasteiger partial charge on any atom is -0.369 e. The molecule has 0 radical (unpaired) electrons. The SMILES string of the molecule is Cc1cccc(N2CCN(Cc3nc(-c4ccc(N5CCCCCC5)nc4)no3)CC2)c1. The summed E-state index contributed by atoms with van der Waals surface area (Å²) in [5.74, 6) is 2.33. The molecule has 0 amide bonds. The number of nitrogens with zero attached hydrogens (tertiary/aromatic N) is 6. The van der Waals surface area contributed by atoms with Gasteiger partial charge in [0.2, 0.25) is 11.7 Å². The molecule has 0 atom stereocenters. The third-order valence-corrected chi connectivity index (χ3v) is 6.50. The summed E-state index contributed by atoms with van der Waals surface area (Å²) < 4.78 is 5.56. The van der Waals surface area contributed by atoms with Crippen LogP contribution >= 0.6 is 0 Å². The molecule has 0 bridgehead atoms. The van der Waals surface area contributed by atoms with Crippen LogP contribution in [0.5, 0.6) is 0 Å². The van der Waals surface area contributed by atoms with E-state index in [1.54, 1.807) is 0 Å². The predicted octanol–water partition coefficient (Wildman–Crippen LogP) is 4.14. The third kappa shape index (κ3) is 4.93. The summed E-state index contributed by atoms with van der Waals surface area (Å²) in [5.41, 5.74) is 3.51. The van der Waals surface area contributed by atoms with Crippen molar-refractivity contribution in [3.8, 4) is 11.4 Å². The van der Waals surface area contributed by atoms with Crippen LogP contribution in [0, 0.1) is 6.92 Å². The molecule has 0 spiro atoms. The Morgan fingerprint density at radius 1 is 0.875 bits per heavy atom. The van der Waals surface area contributed by atoms with Crippen molar-refractivity contribution in [2.75, 3.05) is 49.1 Å². The van der Waals surface area contributed by atoms with E-state index in [4.69, 9.17) is 4.52 Å². The van der Waals surface area contributed by atoms with Crippen molar-refractivity contribution < 1.29 is 4.52 Å². The first-order chi connectivity index (χ1) is 15.7. The summed E-state index contributed by atoms with van der Waals surface area (Å²) >= 11 is 0. The van der Waals surface area contributed by atoms with E-state index >= 15 is 0 Å². The Balaban J connectivity index is 1.17. The van der Waals surface area contributed by atoms with E-state index in [1.807, 2.05) is 6.20 Å². The van der Waals surface area contributed by atoms with Gasteiger partial charge in [0.1, 0.15) is 5.82 Å². The van der Waals surface area contributed by atoms with E-state index in [1.165, 1.54) is 36.9 Å². The maximum absolute atomic E-state index is 5.56. The van der Waals surface area contributed by atoms with Crippen molar-refractivity contribution in [1.82, 2.24) is 20.0 Å². The number of aromatic nitrogens is 3. The molecule has 3 aromatic rings. The molecule has 2 fully saturated rings. The van der Waals surface area contributed by atoms with E-state index < -0.39 is 0 Å². The van der Waals surface area contributed by atoms with Crippen molar-refractivity contribution in [3.05, 3.63) is 54.0 Å². The topological polar surface area (TPSA) is 61.5 Å². The van der Waals surface area contributed by atoms with Gasteiger partial charge in [-0.25, -0.2) is 4.98 Å². The van der Waals surface area contributed by atoms with Gasteiger partial charge in [0.25, 0.3) is 0 Å². The Morgan fingerprint density at radius 3 is 2.41 bits per heavy atom. The third-order valence-electron chi connectivity index (χ3n) is 6.50. The first-order valence-corrected chi connectivity index (χ1v) is 11.8. The minimum absolute atomic E-state index is 0.619. The zero-order chi connectivity index (χ0) is 21.8. The molecule has 2 aromatic heterocycles. The summed E-state index contributed by atoms with van der Waals surface area (Å²) in [5, 5.41) is 4.20. The molecule has 32 heavy (non-hydrogen) atoms. The molecule has 0 aliphatic carbocycles. The average molecular weight is 433 g/mol. The molecular weight excluding hydrogens is 400 g/mol. The molecule has 0 saturated carbocycles. The van der Waals surface area contributed by atoms with E-state index in [9.17, 15) is 0 Å². The standard InChI is InChI=1S/C25H32N6O/c1-20-7-6-8-22(17-20)30-15-13-29(14-16-30)19-24-27-25(28-32-24)21-9-10-23(26-18-21)31-11-4-2-3-5-12-31/h6-10,17-18H,2-5,11-16,19H2,1H3. The van der Waals surface area contributed by atoms with Gasteiger partial charge in [-0.2, -0.15) is 4.98 Å². The van der Waals surface area contributed by atoms with Gasteiger partial charge in [-0.1, -0.05) is 30.1 Å². The van der Waals surface area contributed by atoms with E-state index in [2.05, 4.69) is 73.1 Å². The van der Waals surface area contributed by atoms with Crippen LogP contribution in [-0.2, 0) is 6.54 Å². The summed E-state index contributed by atoms with van der Waals surface area (Å²) in [4.78, 5) is 16.5. The number of piperazine rings is 1. The fourth-order valence-electron chi connectivity index (χ4n) is 4.62. The summed E-state index contributed by atoms with van der Waals surface area (Å²) in [6, 6.07) is 12.9. The predicted molar refractivity (Wildman–Crippen MR) is 127 cm³/mol.